The summed E-state index contributed by atoms with van der Waals surface area (Å²) >= 11 is 0. The molecule has 0 bridgehead atoms. The van der Waals surface area contributed by atoms with Gasteiger partial charge in [0.2, 0.25) is 0 Å². The highest BCUT2D eigenvalue weighted by Gasteiger charge is 2.45. The first-order chi connectivity index (χ1) is 9.38. The maximum Gasteiger partial charge on any atom is 0.433 e. The summed E-state index contributed by atoms with van der Waals surface area (Å²) in [6, 6.07) is 0.532. The molecule has 1 aliphatic carbocycles. The average molecular weight is 292 g/mol. The Morgan fingerprint density at radius 3 is 2.50 bits per heavy atom. The number of ether oxygens (including phenoxy) is 3. The Hall–Kier alpha value is -1.41. The number of rotatable bonds is 5. The van der Waals surface area contributed by atoms with Gasteiger partial charge in [0.15, 0.2) is 11.5 Å². The third-order valence-corrected chi connectivity index (χ3v) is 3.32. The van der Waals surface area contributed by atoms with Crippen molar-refractivity contribution < 1.29 is 27.4 Å². The lowest BCUT2D eigenvalue weighted by Gasteiger charge is -2.44. The van der Waals surface area contributed by atoms with Gasteiger partial charge in [0, 0.05) is 39.2 Å². The van der Waals surface area contributed by atoms with E-state index in [1.807, 2.05) is 0 Å². The van der Waals surface area contributed by atoms with Crippen LogP contribution in [0.25, 0.3) is 0 Å². The molecule has 0 radical (unpaired) electrons. The second kappa shape index (κ2) is 5.53. The van der Waals surface area contributed by atoms with Crippen molar-refractivity contribution in [3.05, 3.63) is 18.0 Å². The number of halogens is 3. The fourth-order valence-corrected chi connectivity index (χ4v) is 2.11. The van der Waals surface area contributed by atoms with Crippen LogP contribution in [0, 0.1) is 5.92 Å². The summed E-state index contributed by atoms with van der Waals surface area (Å²) in [5.41, 5.74) is -1.01. The van der Waals surface area contributed by atoms with Gasteiger partial charge < -0.3 is 14.2 Å². The molecule has 0 N–H and O–H groups in total. The fourth-order valence-electron chi connectivity index (χ4n) is 2.11. The molecule has 5 nitrogen and oxygen atoms in total. The first kappa shape index (κ1) is 15.0. The molecule has 1 fully saturated rings. The molecule has 1 saturated carbocycles. The monoisotopic (exact) mass is 292 g/mol. The van der Waals surface area contributed by atoms with E-state index in [4.69, 9.17) is 14.2 Å². The van der Waals surface area contributed by atoms with Crippen molar-refractivity contribution in [2.45, 2.75) is 24.8 Å². The SMILES string of the molecule is COC1(OC)CC(COc2nccc(C(F)(F)F)n2)C1. The molecule has 0 unspecified atom stereocenters. The highest BCUT2D eigenvalue weighted by molar-refractivity contribution is 5.08. The molecule has 1 aromatic heterocycles. The van der Waals surface area contributed by atoms with Crippen molar-refractivity contribution >= 4 is 0 Å². The smallest absolute Gasteiger partial charge is 0.433 e. The molecule has 1 heterocycles. The topological polar surface area (TPSA) is 53.5 Å². The lowest BCUT2D eigenvalue weighted by molar-refractivity contribution is -0.272. The molecule has 0 aliphatic heterocycles. The van der Waals surface area contributed by atoms with E-state index < -0.39 is 17.7 Å². The van der Waals surface area contributed by atoms with Crippen molar-refractivity contribution in [2.24, 2.45) is 5.92 Å². The highest BCUT2D eigenvalue weighted by atomic mass is 19.4. The fraction of sp³-hybridized carbons (Fsp3) is 0.667. The first-order valence-corrected chi connectivity index (χ1v) is 6.02. The zero-order valence-electron chi connectivity index (χ0n) is 11.1. The molecule has 0 amide bonds. The molecule has 8 heteroatoms. The molecule has 0 saturated heterocycles. The molecule has 1 aromatic rings. The Morgan fingerprint density at radius 2 is 1.95 bits per heavy atom. The molecule has 0 aromatic carbocycles. The molecular weight excluding hydrogens is 277 g/mol. The molecule has 20 heavy (non-hydrogen) atoms. The van der Waals surface area contributed by atoms with E-state index in [-0.39, 0.29) is 18.5 Å². The molecule has 0 spiro atoms. The van der Waals surface area contributed by atoms with Gasteiger partial charge in [0.1, 0.15) is 0 Å². The minimum Gasteiger partial charge on any atom is -0.463 e. The van der Waals surface area contributed by atoms with Crippen molar-refractivity contribution in [3.63, 3.8) is 0 Å². The minimum atomic E-state index is -4.50. The van der Waals surface area contributed by atoms with Gasteiger partial charge in [-0.2, -0.15) is 18.2 Å². The standard InChI is InChI=1S/C12H15F3N2O3/c1-18-11(19-2)5-8(6-11)7-20-10-16-4-3-9(17-10)12(13,14)15/h3-4,8H,5-7H2,1-2H3. The molecule has 112 valence electrons. The summed E-state index contributed by atoms with van der Waals surface area (Å²) in [6.07, 6.45) is -2.22. The Morgan fingerprint density at radius 1 is 1.30 bits per heavy atom. The Kier molecular flexibility index (Phi) is 4.14. The number of hydrogen-bond acceptors (Lipinski definition) is 5. The lowest BCUT2D eigenvalue weighted by atomic mass is 9.79. The maximum absolute atomic E-state index is 12.5. The molecule has 1 aliphatic rings. The van der Waals surface area contributed by atoms with Gasteiger partial charge >= 0.3 is 12.2 Å². The number of aromatic nitrogens is 2. The largest absolute Gasteiger partial charge is 0.463 e. The van der Waals surface area contributed by atoms with Crippen molar-refractivity contribution in [1.29, 1.82) is 0 Å². The summed E-state index contributed by atoms with van der Waals surface area (Å²) in [5.74, 6) is -0.448. The average Bonchev–Trinajstić information content (AvgIpc) is 2.37. The van der Waals surface area contributed by atoms with Gasteiger partial charge in [-0.25, -0.2) is 4.98 Å². The summed E-state index contributed by atoms with van der Waals surface area (Å²) in [6.45, 7) is 0.232. The zero-order chi connectivity index (χ0) is 14.8. The highest BCUT2D eigenvalue weighted by Crippen LogP contribution is 2.41. The predicted molar refractivity (Wildman–Crippen MR) is 62.0 cm³/mol. The predicted octanol–water partition coefficient (Wildman–Crippen LogP) is 2.27. The van der Waals surface area contributed by atoms with Crippen molar-refractivity contribution in [3.8, 4) is 6.01 Å². The molecule has 2 rings (SSSR count). The van der Waals surface area contributed by atoms with Crippen LogP contribution in [0.15, 0.2) is 12.3 Å². The lowest BCUT2D eigenvalue weighted by Crippen LogP contribution is -2.49. The summed E-state index contributed by atoms with van der Waals surface area (Å²) in [7, 11) is 3.10. The van der Waals surface area contributed by atoms with Crippen molar-refractivity contribution in [1.82, 2.24) is 9.97 Å². The number of methoxy groups -OCH3 is 2. The second-order valence-electron chi connectivity index (χ2n) is 4.63. The Balaban J connectivity index is 1.87. The number of hydrogen-bond donors (Lipinski definition) is 0. The summed E-state index contributed by atoms with van der Waals surface area (Å²) in [5, 5.41) is 0. The van der Waals surface area contributed by atoms with Crippen LogP contribution in [0.2, 0.25) is 0 Å². The van der Waals surface area contributed by atoms with Gasteiger partial charge in [-0.15, -0.1) is 0 Å². The second-order valence-corrected chi connectivity index (χ2v) is 4.63. The maximum atomic E-state index is 12.5. The van der Waals surface area contributed by atoms with Crippen LogP contribution in [-0.2, 0) is 15.7 Å². The van der Waals surface area contributed by atoms with E-state index in [0.29, 0.717) is 12.8 Å². The van der Waals surface area contributed by atoms with Gasteiger partial charge in [-0.05, 0) is 6.07 Å². The third kappa shape index (κ3) is 3.18. The van der Waals surface area contributed by atoms with Crippen LogP contribution < -0.4 is 4.74 Å². The Bertz CT molecular complexity index is 456. The van der Waals surface area contributed by atoms with Crippen molar-refractivity contribution in [2.75, 3.05) is 20.8 Å². The van der Waals surface area contributed by atoms with Crippen LogP contribution in [0.5, 0.6) is 6.01 Å². The summed E-state index contributed by atoms with van der Waals surface area (Å²) < 4.78 is 53.0. The van der Waals surface area contributed by atoms with Crippen LogP contribution in [0.4, 0.5) is 13.2 Å². The van der Waals surface area contributed by atoms with E-state index in [2.05, 4.69) is 9.97 Å². The molecule has 0 atom stereocenters. The van der Waals surface area contributed by atoms with Gasteiger partial charge in [0.25, 0.3) is 0 Å². The zero-order valence-corrected chi connectivity index (χ0v) is 11.1. The van der Waals surface area contributed by atoms with Gasteiger partial charge in [0.05, 0.1) is 6.61 Å². The van der Waals surface area contributed by atoms with E-state index in [0.717, 1.165) is 12.3 Å². The number of nitrogens with zero attached hydrogens (tertiary/aromatic N) is 2. The van der Waals surface area contributed by atoms with Gasteiger partial charge in [-0.3, -0.25) is 0 Å². The van der Waals surface area contributed by atoms with Gasteiger partial charge in [-0.1, -0.05) is 0 Å². The van der Waals surface area contributed by atoms with E-state index in [1.54, 1.807) is 14.2 Å². The van der Waals surface area contributed by atoms with Crippen LogP contribution in [-0.4, -0.2) is 36.6 Å². The molecular formula is C12H15F3N2O3. The van der Waals surface area contributed by atoms with Crippen LogP contribution >= 0.6 is 0 Å². The van der Waals surface area contributed by atoms with E-state index in [1.165, 1.54) is 0 Å². The quantitative estimate of drug-likeness (QED) is 0.779. The minimum absolute atomic E-state index is 0.146. The summed E-state index contributed by atoms with van der Waals surface area (Å²) in [4.78, 5) is 6.99. The van der Waals surface area contributed by atoms with E-state index >= 15 is 0 Å². The number of alkyl halides is 3. The van der Waals surface area contributed by atoms with E-state index in [9.17, 15) is 13.2 Å². The third-order valence-electron chi connectivity index (χ3n) is 3.32. The Labute approximate surface area is 114 Å². The van der Waals surface area contributed by atoms with Crippen LogP contribution in [0.3, 0.4) is 0 Å². The first-order valence-electron chi connectivity index (χ1n) is 6.02. The van der Waals surface area contributed by atoms with Crippen LogP contribution in [0.1, 0.15) is 18.5 Å². The normalized spacial score (nSPS) is 18.6.